The Balaban J connectivity index is 1.89. The summed E-state index contributed by atoms with van der Waals surface area (Å²) in [7, 11) is 0. The van der Waals surface area contributed by atoms with Gasteiger partial charge in [-0.3, -0.25) is 0 Å². The van der Waals surface area contributed by atoms with Crippen LogP contribution in [0.2, 0.25) is 0 Å². The minimum atomic E-state index is -0.511. The van der Waals surface area contributed by atoms with Gasteiger partial charge >= 0.3 is 0 Å². The largest absolute Gasteiger partial charge is 0.494 e. The summed E-state index contributed by atoms with van der Waals surface area (Å²) < 4.78 is 12.5. The molecule has 2 aromatic carbocycles. The van der Waals surface area contributed by atoms with Crippen LogP contribution < -0.4 is 9.47 Å². The highest BCUT2D eigenvalue weighted by Gasteiger charge is 2.28. The second-order valence-electron chi connectivity index (χ2n) is 5.05. The van der Waals surface area contributed by atoms with Crippen LogP contribution in [0.25, 0.3) is 0 Å². The topological polar surface area (TPSA) is 38.7 Å². The Kier molecular flexibility index (Phi) is 4.17. The highest BCUT2D eigenvalue weighted by molar-refractivity contribution is 9.10. The van der Waals surface area contributed by atoms with E-state index < -0.39 is 6.10 Å². The highest BCUT2D eigenvalue weighted by atomic mass is 79.9. The molecule has 0 radical (unpaired) electrons. The Morgan fingerprint density at radius 2 is 2.14 bits per heavy atom. The van der Waals surface area contributed by atoms with E-state index in [4.69, 9.17) is 9.47 Å². The molecule has 0 saturated heterocycles. The number of halogens is 1. The summed E-state index contributed by atoms with van der Waals surface area (Å²) in [5.74, 6) is 1.56. The fourth-order valence-corrected chi connectivity index (χ4v) is 2.93. The minimum Gasteiger partial charge on any atom is -0.494 e. The third-order valence-electron chi connectivity index (χ3n) is 3.58. The average Bonchev–Trinajstić information content (AvgIpc) is 2.47. The molecule has 4 heteroatoms. The second-order valence-corrected chi connectivity index (χ2v) is 5.96. The molecular formula is C17H17BrO3. The van der Waals surface area contributed by atoms with Gasteiger partial charge in [0.05, 0.1) is 12.7 Å². The number of aliphatic hydroxyl groups is 1. The highest BCUT2D eigenvalue weighted by Crippen LogP contribution is 2.42. The first-order valence-corrected chi connectivity index (χ1v) is 7.83. The molecule has 2 atom stereocenters. The first-order valence-electron chi connectivity index (χ1n) is 7.04. The molecule has 110 valence electrons. The summed E-state index contributed by atoms with van der Waals surface area (Å²) in [4.78, 5) is 0. The quantitative estimate of drug-likeness (QED) is 0.892. The van der Waals surface area contributed by atoms with E-state index in [9.17, 15) is 5.11 Å². The van der Waals surface area contributed by atoms with E-state index in [2.05, 4.69) is 15.9 Å². The van der Waals surface area contributed by atoms with Crippen molar-refractivity contribution in [3.63, 3.8) is 0 Å². The zero-order valence-electron chi connectivity index (χ0n) is 11.8. The molecule has 1 aliphatic rings. The van der Waals surface area contributed by atoms with E-state index in [-0.39, 0.29) is 6.10 Å². The molecule has 1 heterocycles. The monoisotopic (exact) mass is 348 g/mol. The molecular weight excluding hydrogens is 332 g/mol. The predicted octanol–water partition coefficient (Wildman–Crippen LogP) is 4.41. The molecule has 3 nitrogen and oxygen atoms in total. The molecule has 0 amide bonds. The molecule has 1 N–H and O–H groups in total. The number of hydrogen-bond acceptors (Lipinski definition) is 3. The lowest BCUT2D eigenvalue weighted by Crippen LogP contribution is -2.19. The fraction of sp³-hybridized carbons (Fsp3) is 0.294. The SMILES string of the molecule is CCOc1cccc(C2C[C@@H](O)c3ccc(Br)cc3O2)c1. The summed E-state index contributed by atoms with van der Waals surface area (Å²) in [6.07, 6.45) is -0.130. The van der Waals surface area contributed by atoms with Gasteiger partial charge in [-0.2, -0.15) is 0 Å². The molecule has 2 aromatic rings. The van der Waals surface area contributed by atoms with E-state index in [1.54, 1.807) is 0 Å². The van der Waals surface area contributed by atoms with Crippen LogP contribution >= 0.6 is 15.9 Å². The Labute approximate surface area is 132 Å². The summed E-state index contributed by atoms with van der Waals surface area (Å²) in [5.41, 5.74) is 1.86. The third-order valence-corrected chi connectivity index (χ3v) is 4.08. The molecule has 0 fully saturated rings. The van der Waals surface area contributed by atoms with Crippen LogP contribution in [-0.4, -0.2) is 11.7 Å². The fourth-order valence-electron chi connectivity index (χ4n) is 2.59. The maximum Gasteiger partial charge on any atom is 0.127 e. The van der Waals surface area contributed by atoms with Crippen LogP contribution in [0.5, 0.6) is 11.5 Å². The Morgan fingerprint density at radius 1 is 1.29 bits per heavy atom. The van der Waals surface area contributed by atoms with Crippen molar-refractivity contribution in [2.75, 3.05) is 6.61 Å². The average molecular weight is 349 g/mol. The molecule has 0 spiro atoms. The van der Waals surface area contributed by atoms with Crippen molar-refractivity contribution in [1.29, 1.82) is 0 Å². The van der Waals surface area contributed by atoms with E-state index in [1.165, 1.54) is 0 Å². The molecule has 0 bridgehead atoms. The minimum absolute atomic E-state index is 0.165. The van der Waals surface area contributed by atoms with Gasteiger partial charge in [0.2, 0.25) is 0 Å². The summed E-state index contributed by atoms with van der Waals surface area (Å²) in [6.45, 7) is 2.59. The van der Waals surface area contributed by atoms with Gasteiger partial charge < -0.3 is 14.6 Å². The van der Waals surface area contributed by atoms with Gasteiger partial charge in [0.1, 0.15) is 17.6 Å². The van der Waals surface area contributed by atoms with Gasteiger partial charge in [0.15, 0.2) is 0 Å². The number of rotatable bonds is 3. The van der Waals surface area contributed by atoms with Crippen LogP contribution in [0, 0.1) is 0 Å². The molecule has 1 aliphatic heterocycles. The zero-order valence-corrected chi connectivity index (χ0v) is 13.3. The summed E-state index contributed by atoms with van der Waals surface area (Å²) >= 11 is 3.44. The molecule has 21 heavy (non-hydrogen) atoms. The first-order chi connectivity index (χ1) is 10.2. The van der Waals surface area contributed by atoms with Gasteiger partial charge in [0.25, 0.3) is 0 Å². The van der Waals surface area contributed by atoms with Gasteiger partial charge in [-0.1, -0.05) is 34.1 Å². The van der Waals surface area contributed by atoms with Crippen LogP contribution in [0.15, 0.2) is 46.9 Å². The predicted molar refractivity (Wildman–Crippen MR) is 84.7 cm³/mol. The van der Waals surface area contributed by atoms with Crippen LogP contribution in [0.3, 0.4) is 0 Å². The van der Waals surface area contributed by atoms with E-state index in [1.807, 2.05) is 49.4 Å². The maximum absolute atomic E-state index is 10.3. The van der Waals surface area contributed by atoms with Crippen LogP contribution in [0.1, 0.15) is 36.7 Å². The zero-order chi connectivity index (χ0) is 14.8. The number of aliphatic hydroxyl groups excluding tert-OH is 1. The van der Waals surface area contributed by atoms with Crippen molar-refractivity contribution in [3.8, 4) is 11.5 Å². The van der Waals surface area contributed by atoms with E-state index >= 15 is 0 Å². The Bertz CT molecular complexity index is 642. The van der Waals surface area contributed by atoms with Gasteiger partial charge in [-0.15, -0.1) is 0 Å². The number of fused-ring (bicyclic) bond motifs is 1. The van der Waals surface area contributed by atoms with Gasteiger partial charge in [0, 0.05) is 16.5 Å². The van der Waals surface area contributed by atoms with Crippen molar-refractivity contribution < 1.29 is 14.6 Å². The van der Waals surface area contributed by atoms with Crippen LogP contribution in [0.4, 0.5) is 0 Å². The van der Waals surface area contributed by atoms with E-state index in [0.29, 0.717) is 13.0 Å². The molecule has 1 unspecified atom stereocenters. The Hall–Kier alpha value is -1.52. The number of ether oxygens (including phenoxy) is 2. The first kappa shape index (κ1) is 14.4. The summed E-state index contributed by atoms with van der Waals surface area (Å²) in [5, 5.41) is 10.3. The maximum atomic E-state index is 10.3. The number of hydrogen-bond donors (Lipinski definition) is 1. The van der Waals surface area contributed by atoms with Crippen molar-refractivity contribution >= 4 is 15.9 Å². The molecule has 0 aliphatic carbocycles. The van der Waals surface area contributed by atoms with Crippen molar-refractivity contribution in [2.24, 2.45) is 0 Å². The van der Waals surface area contributed by atoms with Gasteiger partial charge in [-0.25, -0.2) is 0 Å². The molecule has 0 aromatic heterocycles. The van der Waals surface area contributed by atoms with Crippen molar-refractivity contribution in [1.82, 2.24) is 0 Å². The van der Waals surface area contributed by atoms with Gasteiger partial charge in [-0.05, 0) is 36.8 Å². The second kappa shape index (κ2) is 6.08. The lowest BCUT2D eigenvalue weighted by atomic mass is 9.95. The van der Waals surface area contributed by atoms with Crippen LogP contribution in [-0.2, 0) is 0 Å². The summed E-state index contributed by atoms with van der Waals surface area (Å²) in [6, 6.07) is 13.6. The lowest BCUT2D eigenvalue weighted by Gasteiger charge is -2.30. The third kappa shape index (κ3) is 3.06. The van der Waals surface area contributed by atoms with Crippen molar-refractivity contribution in [3.05, 3.63) is 58.1 Å². The molecule has 3 rings (SSSR count). The number of benzene rings is 2. The normalized spacial score (nSPS) is 20.5. The Morgan fingerprint density at radius 3 is 2.95 bits per heavy atom. The van der Waals surface area contributed by atoms with Crippen molar-refractivity contribution in [2.45, 2.75) is 25.6 Å². The van der Waals surface area contributed by atoms with E-state index in [0.717, 1.165) is 27.1 Å². The smallest absolute Gasteiger partial charge is 0.127 e. The molecule has 0 saturated carbocycles. The standard InChI is InChI=1S/C17H17BrO3/c1-2-20-13-5-3-4-11(8-13)16-10-15(19)14-7-6-12(18)9-17(14)21-16/h3-9,15-16,19H,2,10H2,1H3/t15-,16?/m1/s1. The lowest BCUT2D eigenvalue weighted by molar-refractivity contribution is 0.0655.